The lowest BCUT2D eigenvalue weighted by molar-refractivity contribution is -0.149. The predicted molar refractivity (Wildman–Crippen MR) is 143 cm³/mol. The molecule has 7 nitrogen and oxygen atoms in total. The summed E-state index contributed by atoms with van der Waals surface area (Å²) < 4.78 is 33.8. The van der Waals surface area contributed by atoms with Crippen LogP contribution >= 0.6 is 0 Å². The third-order valence-electron chi connectivity index (χ3n) is 5.80. The zero-order chi connectivity index (χ0) is 26.8. The Labute approximate surface area is 218 Å². The Morgan fingerprint density at radius 1 is 0.946 bits per heavy atom. The van der Waals surface area contributed by atoms with Crippen molar-refractivity contribution in [3.8, 4) is 0 Å². The molecule has 0 bridgehead atoms. The quantitative estimate of drug-likeness (QED) is 0.288. The number of carbonyl (C=O) groups excluding carboxylic acids is 2. The Kier molecular flexibility index (Phi) is 9.77. The Morgan fingerprint density at radius 3 is 2.08 bits per heavy atom. The molecule has 3 rings (SSSR count). The first kappa shape index (κ1) is 27.8. The number of hydrogen-bond donors (Lipinski definition) is 1. The van der Waals surface area contributed by atoms with Crippen LogP contribution in [-0.2, 0) is 37.4 Å². The van der Waals surface area contributed by atoms with Gasteiger partial charge in [-0.15, -0.1) is 6.58 Å². The summed E-state index contributed by atoms with van der Waals surface area (Å²) in [4.78, 5) is 26.2. The van der Waals surface area contributed by atoms with Crippen molar-refractivity contribution in [2.24, 2.45) is 0 Å². The van der Waals surface area contributed by atoms with Gasteiger partial charge in [-0.05, 0) is 43.5 Å². The van der Waals surface area contributed by atoms with Crippen LogP contribution in [0.3, 0.4) is 0 Å². The molecule has 3 aromatic rings. The second kappa shape index (κ2) is 13.0. The summed E-state index contributed by atoms with van der Waals surface area (Å²) >= 11 is 0. The van der Waals surface area contributed by atoms with Crippen LogP contribution in [0, 0.1) is 6.92 Å². The topological polar surface area (TPSA) is 92.8 Å². The summed E-state index contributed by atoms with van der Waals surface area (Å²) in [6, 6.07) is 22.6. The van der Waals surface area contributed by atoms with Crippen LogP contribution in [0.1, 0.15) is 23.6 Å². The number of sulfonamides is 1. The van der Waals surface area contributed by atoms with E-state index in [0.717, 1.165) is 21.0 Å². The Bertz CT molecular complexity index is 1290. The van der Waals surface area contributed by atoms with Gasteiger partial charge < -0.3 is 10.1 Å². The van der Waals surface area contributed by atoms with Crippen molar-refractivity contribution in [2.75, 3.05) is 6.54 Å². The lowest BCUT2D eigenvalue weighted by Crippen LogP contribution is -2.53. The highest BCUT2D eigenvalue weighted by Gasteiger charge is 2.36. The minimum Gasteiger partial charge on any atom is -0.459 e. The molecule has 37 heavy (non-hydrogen) atoms. The summed E-state index contributed by atoms with van der Waals surface area (Å²) in [5.74, 6) is -1.22. The Balaban J connectivity index is 1.85. The molecule has 3 aromatic carbocycles. The van der Waals surface area contributed by atoms with Gasteiger partial charge in [0.2, 0.25) is 15.9 Å². The highest BCUT2D eigenvalue weighted by molar-refractivity contribution is 7.89. The molecule has 1 unspecified atom stereocenters. The maximum Gasteiger partial charge on any atom is 0.328 e. The summed E-state index contributed by atoms with van der Waals surface area (Å²) in [6.07, 6.45) is 1.55. The fraction of sp³-hybridized carbons (Fsp3) is 0.241. The number of nitrogens with zero attached hydrogens (tertiary/aromatic N) is 1. The van der Waals surface area contributed by atoms with Crippen molar-refractivity contribution < 1.29 is 22.7 Å². The van der Waals surface area contributed by atoms with E-state index in [1.54, 1.807) is 12.1 Å². The van der Waals surface area contributed by atoms with Gasteiger partial charge in [-0.25, -0.2) is 13.2 Å². The van der Waals surface area contributed by atoms with Gasteiger partial charge in [0.05, 0.1) is 4.90 Å². The molecule has 2 atom stereocenters. The first-order chi connectivity index (χ1) is 17.7. The Hall–Kier alpha value is -3.75. The monoisotopic (exact) mass is 520 g/mol. The van der Waals surface area contributed by atoms with E-state index >= 15 is 0 Å². The van der Waals surface area contributed by atoms with Crippen LogP contribution in [0.5, 0.6) is 0 Å². The molecule has 0 aliphatic heterocycles. The maximum absolute atomic E-state index is 13.7. The number of carbonyl (C=O) groups is 2. The standard InChI is InChI=1S/C29H32N2O5S/c1-4-19-31(37(34,35)26-17-15-22(2)16-18-26)27(20-24-11-7-5-8-12-24)28(32)30-23(3)29(33)36-21-25-13-9-6-10-14-25/h4-18,23,27H,1,19-21H2,2-3H3,(H,30,32)/t23-,27?/m0/s1. The van der Waals surface area contributed by atoms with E-state index in [0.29, 0.717) is 0 Å². The van der Waals surface area contributed by atoms with E-state index in [2.05, 4.69) is 11.9 Å². The summed E-state index contributed by atoms with van der Waals surface area (Å²) in [7, 11) is -4.06. The molecule has 0 saturated carbocycles. The highest BCUT2D eigenvalue weighted by atomic mass is 32.2. The van der Waals surface area contributed by atoms with Crippen LogP contribution in [0.25, 0.3) is 0 Å². The molecule has 0 aliphatic rings. The van der Waals surface area contributed by atoms with E-state index in [-0.39, 0.29) is 24.5 Å². The number of aryl methyl sites for hydroxylation is 1. The van der Waals surface area contributed by atoms with Gasteiger partial charge in [0, 0.05) is 6.54 Å². The van der Waals surface area contributed by atoms with Gasteiger partial charge in [-0.3, -0.25) is 4.79 Å². The number of benzene rings is 3. The van der Waals surface area contributed by atoms with Crippen LogP contribution < -0.4 is 5.32 Å². The lowest BCUT2D eigenvalue weighted by Gasteiger charge is -2.30. The second-order valence-electron chi connectivity index (χ2n) is 8.71. The molecule has 0 aliphatic carbocycles. The zero-order valence-electron chi connectivity index (χ0n) is 21.0. The third-order valence-corrected chi connectivity index (χ3v) is 7.68. The molecule has 8 heteroatoms. The van der Waals surface area contributed by atoms with E-state index in [1.165, 1.54) is 25.1 Å². The minimum absolute atomic E-state index is 0.0672. The van der Waals surface area contributed by atoms with Crippen LogP contribution in [-0.4, -0.2) is 43.2 Å². The van der Waals surface area contributed by atoms with Gasteiger partial charge >= 0.3 is 5.97 Å². The molecule has 0 fully saturated rings. The normalized spacial score (nSPS) is 12.9. The lowest BCUT2D eigenvalue weighted by atomic mass is 10.0. The van der Waals surface area contributed by atoms with Crippen LogP contribution in [0.4, 0.5) is 0 Å². The molecule has 0 radical (unpaired) electrons. The SMILES string of the molecule is C=CCN(C(Cc1ccccc1)C(=O)N[C@@H](C)C(=O)OCc1ccccc1)S(=O)(=O)c1ccc(C)cc1. The number of rotatable bonds is 12. The van der Waals surface area contributed by atoms with Crippen molar-refractivity contribution in [2.45, 2.75) is 43.9 Å². The van der Waals surface area contributed by atoms with Gasteiger partial charge in [0.1, 0.15) is 18.7 Å². The molecule has 0 aromatic heterocycles. The maximum atomic E-state index is 13.7. The summed E-state index contributed by atoms with van der Waals surface area (Å²) in [5, 5.41) is 2.65. The number of nitrogens with one attached hydrogen (secondary N) is 1. The highest BCUT2D eigenvalue weighted by Crippen LogP contribution is 2.22. The molecular formula is C29H32N2O5S. The van der Waals surface area contributed by atoms with Crippen molar-refractivity contribution in [3.63, 3.8) is 0 Å². The fourth-order valence-corrected chi connectivity index (χ4v) is 5.31. The second-order valence-corrected chi connectivity index (χ2v) is 10.6. The molecule has 1 amide bonds. The smallest absolute Gasteiger partial charge is 0.328 e. The van der Waals surface area contributed by atoms with Crippen LogP contribution in [0.15, 0.2) is 102 Å². The number of hydrogen-bond acceptors (Lipinski definition) is 5. The molecule has 0 saturated heterocycles. The average molecular weight is 521 g/mol. The van der Waals surface area contributed by atoms with Crippen molar-refractivity contribution in [3.05, 3.63) is 114 Å². The first-order valence-electron chi connectivity index (χ1n) is 12.0. The third kappa shape index (κ3) is 7.62. The van der Waals surface area contributed by atoms with Crippen molar-refractivity contribution in [1.82, 2.24) is 9.62 Å². The number of amides is 1. The summed E-state index contributed by atoms with van der Waals surface area (Å²) in [5.41, 5.74) is 2.50. The van der Waals surface area contributed by atoms with Crippen molar-refractivity contribution in [1.29, 1.82) is 0 Å². The van der Waals surface area contributed by atoms with E-state index < -0.39 is 34.0 Å². The van der Waals surface area contributed by atoms with Crippen molar-refractivity contribution >= 4 is 21.9 Å². The Morgan fingerprint density at radius 2 is 1.51 bits per heavy atom. The minimum atomic E-state index is -4.06. The molecular weight excluding hydrogens is 488 g/mol. The van der Waals surface area contributed by atoms with E-state index in [9.17, 15) is 18.0 Å². The van der Waals surface area contributed by atoms with E-state index in [4.69, 9.17) is 4.74 Å². The van der Waals surface area contributed by atoms with Gasteiger partial charge in [-0.1, -0.05) is 84.4 Å². The van der Waals surface area contributed by atoms with Gasteiger partial charge in [0.15, 0.2) is 0 Å². The summed E-state index contributed by atoms with van der Waals surface area (Å²) in [6.45, 7) is 7.05. The van der Waals surface area contributed by atoms with Crippen LogP contribution in [0.2, 0.25) is 0 Å². The predicted octanol–water partition coefficient (Wildman–Crippen LogP) is 4.03. The molecule has 0 heterocycles. The fourth-order valence-electron chi connectivity index (χ4n) is 3.75. The molecule has 194 valence electrons. The first-order valence-corrected chi connectivity index (χ1v) is 13.4. The number of esters is 1. The molecule has 0 spiro atoms. The van der Waals surface area contributed by atoms with E-state index in [1.807, 2.05) is 67.6 Å². The average Bonchev–Trinajstić information content (AvgIpc) is 2.90. The van der Waals surface area contributed by atoms with Gasteiger partial charge in [-0.2, -0.15) is 4.31 Å². The molecule has 1 N–H and O–H groups in total. The number of ether oxygens (including phenoxy) is 1. The van der Waals surface area contributed by atoms with Gasteiger partial charge in [0.25, 0.3) is 0 Å². The zero-order valence-corrected chi connectivity index (χ0v) is 21.9. The largest absolute Gasteiger partial charge is 0.459 e.